The smallest absolute Gasteiger partial charge is 0.364 e. The fourth-order valence-electron chi connectivity index (χ4n) is 2.79. The number of hydrogen-bond donors (Lipinski definition) is 0. The first-order valence-electron chi connectivity index (χ1n) is 8.29. The lowest BCUT2D eigenvalue weighted by molar-refractivity contribution is 0.0729. The average Bonchev–Trinajstić information content (AvgIpc) is 2.71. The molecule has 0 bridgehead atoms. The number of carbonyl (C=O) groups excluding carboxylic acids is 1. The van der Waals surface area contributed by atoms with E-state index in [1.165, 1.54) is 6.07 Å². The second-order valence-electron chi connectivity index (χ2n) is 5.91. The van der Waals surface area contributed by atoms with Gasteiger partial charge < -0.3 is 4.74 Å². The van der Waals surface area contributed by atoms with Crippen molar-refractivity contribution in [2.75, 3.05) is 0 Å². The number of para-hydroxylation sites is 1. The molecule has 5 nitrogen and oxygen atoms in total. The lowest BCUT2D eigenvalue weighted by Crippen LogP contribution is -2.25. The Balaban J connectivity index is 1.87. The van der Waals surface area contributed by atoms with Gasteiger partial charge in [0.15, 0.2) is 5.69 Å². The first-order chi connectivity index (χ1) is 13.5. The number of carbonyl (C=O) groups is 1. The Morgan fingerprint density at radius 3 is 2.36 bits per heavy atom. The summed E-state index contributed by atoms with van der Waals surface area (Å²) in [5.41, 5.74) is 0.0877. The molecule has 0 unspecified atom stereocenters. The average molecular weight is 395 g/mol. The van der Waals surface area contributed by atoms with Gasteiger partial charge in [-0.15, -0.1) is 0 Å². The number of hydrogen-bond acceptors (Lipinski definition) is 4. The fourth-order valence-corrected chi connectivity index (χ4v) is 3.00. The number of esters is 1. The largest absolute Gasteiger partial charge is 0.420 e. The van der Waals surface area contributed by atoms with Crippen molar-refractivity contribution in [2.45, 2.75) is 0 Å². The topological polar surface area (TPSA) is 61.2 Å². The summed E-state index contributed by atoms with van der Waals surface area (Å²) in [7, 11) is 0. The Bertz CT molecular complexity index is 1260. The first-order valence-corrected chi connectivity index (χ1v) is 8.67. The highest BCUT2D eigenvalue weighted by molar-refractivity contribution is 6.32. The van der Waals surface area contributed by atoms with Crippen LogP contribution in [0.3, 0.4) is 0 Å². The van der Waals surface area contributed by atoms with Gasteiger partial charge in [0, 0.05) is 5.39 Å². The van der Waals surface area contributed by atoms with Gasteiger partial charge in [-0.1, -0.05) is 48.0 Å². The Morgan fingerprint density at radius 2 is 1.64 bits per heavy atom. The molecular weight excluding hydrogens is 383 g/mol. The maximum absolute atomic E-state index is 13.2. The summed E-state index contributed by atoms with van der Waals surface area (Å²) in [6, 6.07) is 18.8. The van der Waals surface area contributed by atoms with Crippen molar-refractivity contribution in [3.8, 4) is 11.4 Å². The third-order valence-corrected chi connectivity index (χ3v) is 4.39. The zero-order valence-corrected chi connectivity index (χ0v) is 15.1. The molecule has 7 heteroatoms. The van der Waals surface area contributed by atoms with E-state index in [4.69, 9.17) is 16.3 Å². The van der Waals surface area contributed by atoms with Gasteiger partial charge in [-0.3, -0.25) is 4.79 Å². The lowest BCUT2D eigenvalue weighted by Gasteiger charge is -2.11. The molecule has 0 spiro atoms. The molecule has 0 aliphatic rings. The van der Waals surface area contributed by atoms with Crippen LogP contribution in [0.4, 0.5) is 4.39 Å². The molecule has 0 aliphatic carbocycles. The number of halogens is 2. The third kappa shape index (κ3) is 3.25. The van der Waals surface area contributed by atoms with Gasteiger partial charge in [-0.05, 0) is 36.4 Å². The van der Waals surface area contributed by atoms with Crippen LogP contribution in [-0.2, 0) is 0 Å². The van der Waals surface area contributed by atoms with Crippen molar-refractivity contribution in [1.29, 1.82) is 0 Å². The highest BCUT2D eigenvalue weighted by Crippen LogP contribution is 2.26. The van der Waals surface area contributed by atoms with Crippen LogP contribution < -0.4 is 10.3 Å². The second-order valence-corrected chi connectivity index (χ2v) is 6.32. The van der Waals surface area contributed by atoms with Gasteiger partial charge >= 0.3 is 5.97 Å². The van der Waals surface area contributed by atoms with E-state index in [1.807, 2.05) is 0 Å². The van der Waals surface area contributed by atoms with E-state index in [9.17, 15) is 14.0 Å². The molecule has 0 saturated heterocycles. The zero-order valence-electron chi connectivity index (χ0n) is 14.3. The molecule has 4 rings (SSSR count). The van der Waals surface area contributed by atoms with Crippen LogP contribution in [0.5, 0.6) is 5.75 Å². The molecule has 0 amide bonds. The van der Waals surface area contributed by atoms with Gasteiger partial charge in [0.1, 0.15) is 11.6 Å². The van der Waals surface area contributed by atoms with Gasteiger partial charge in [-0.2, -0.15) is 9.78 Å². The number of nitrogens with zero attached hydrogens (tertiary/aromatic N) is 2. The quantitative estimate of drug-likeness (QED) is 0.382. The number of fused-ring (bicyclic) bond motifs is 1. The van der Waals surface area contributed by atoms with Crippen LogP contribution in [0.15, 0.2) is 77.6 Å². The molecule has 1 aromatic heterocycles. The van der Waals surface area contributed by atoms with Crippen LogP contribution in [0.2, 0.25) is 5.02 Å². The fraction of sp³-hybridized carbons (Fsp3) is 0. The number of benzene rings is 3. The molecule has 138 valence electrons. The van der Waals surface area contributed by atoms with E-state index < -0.39 is 11.8 Å². The van der Waals surface area contributed by atoms with E-state index in [0.29, 0.717) is 16.5 Å². The van der Waals surface area contributed by atoms with E-state index in [0.717, 1.165) is 16.8 Å². The summed E-state index contributed by atoms with van der Waals surface area (Å²) in [5.74, 6) is -1.36. The standard InChI is InChI=1S/C21H12ClFN2O3/c22-17-12-13(23)10-11-18(17)28-21(27)19-15-8-4-5-9-16(15)20(26)25(24-19)14-6-2-1-3-7-14/h1-12H. The minimum absolute atomic E-state index is 0.00333. The predicted octanol–water partition coefficient (Wildman–Crippen LogP) is 4.40. The van der Waals surface area contributed by atoms with E-state index in [1.54, 1.807) is 54.6 Å². The highest BCUT2D eigenvalue weighted by atomic mass is 35.5. The van der Waals surface area contributed by atoms with Gasteiger partial charge in [0.25, 0.3) is 5.56 Å². The molecule has 4 aromatic rings. The molecule has 1 heterocycles. The van der Waals surface area contributed by atoms with Crippen molar-refractivity contribution in [2.24, 2.45) is 0 Å². The van der Waals surface area contributed by atoms with E-state index in [-0.39, 0.29) is 22.0 Å². The van der Waals surface area contributed by atoms with Crippen molar-refractivity contribution in [3.63, 3.8) is 0 Å². The Labute approximate surface area is 163 Å². The maximum Gasteiger partial charge on any atom is 0.364 e. The molecule has 28 heavy (non-hydrogen) atoms. The summed E-state index contributed by atoms with van der Waals surface area (Å²) in [5, 5.41) is 4.85. The third-order valence-electron chi connectivity index (χ3n) is 4.10. The summed E-state index contributed by atoms with van der Waals surface area (Å²) < 4.78 is 19.7. The van der Waals surface area contributed by atoms with Crippen LogP contribution in [0, 0.1) is 5.82 Å². The number of rotatable bonds is 3. The minimum Gasteiger partial charge on any atom is -0.420 e. The number of aromatic nitrogens is 2. The minimum atomic E-state index is -0.811. The van der Waals surface area contributed by atoms with E-state index in [2.05, 4.69) is 5.10 Å². The molecule has 0 aliphatic heterocycles. The first kappa shape index (κ1) is 17.9. The van der Waals surface area contributed by atoms with Crippen molar-refractivity contribution >= 4 is 28.3 Å². The van der Waals surface area contributed by atoms with E-state index >= 15 is 0 Å². The highest BCUT2D eigenvalue weighted by Gasteiger charge is 2.20. The monoisotopic (exact) mass is 394 g/mol. The van der Waals surface area contributed by atoms with Crippen LogP contribution in [-0.4, -0.2) is 15.7 Å². The molecule has 0 fully saturated rings. The maximum atomic E-state index is 13.2. The summed E-state index contributed by atoms with van der Waals surface area (Å²) in [4.78, 5) is 25.6. The number of ether oxygens (including phenoxy) is 1. The van der Waals surface area contributed by atoms with Crippen molar-refractivity contribution < 1.29 is 13.9 Å². The summed E-state index contributed by atoms with van der Waals surface area (Å²) >= 11 is 5.94. The van der Waals surface area contributed by atoms with Gasteiger partial charge in [0.2, 0.25) is 0 Å². The Morgan fingerprint density at radius 1 is 0.964 bits per heavy atom. The van der Waals surface area contributed by atoms with Crippen molar-refractivity contribution in [1.82, 2.24) is 9.78 Å². The van der Waals surface area contributed by atoms with Crippen LogP contribution in [0.1, 0.15) is 10.5 Å². The molecule has 0 atom stereocenters. The molecule has 0 saturated carbocycles. The van der Waals surface area contributed by atoms with Crippen LogP contribution in [0.25, 0.3) is 16.5 Å². The van der Waals surface area contributed by atoms with Gasteiger partial charge in [0.05, 0.1) is 16.1 Å². The second kappa shape index (κ2) is 7.25. The summed E-state index contributed by atoms with van der Waals surface area (Å²) in [6.45, 7) is 0. The SMILES string of the molecule is O=C(Oc1ccc(F)cc1Cl)c1nn(-c2ccccc2)c(=O)c2ccccc12. The lowest BCUT2D eigenvalue weighted by atomic mass is 10.1. The molecule has 3 aromatic carbocycles. The molecule has 0 N–H and O–H groups in total. The zero-order chi connectivity index (χ0) is 19.7. The Kier molecular flexibility index (Phi) is 4.63. The van der Waals surface area contributed by atoms with Crippen LogP contribution >= 0.6 is 11.6 Å². The van der Waals surface area contributed by atoms with Crippen molar-refractivity contribution in [3.05, 3.63) is 99.7 Å². The normalized spacial score (nSPS) is 10.8. The Hall–Kier alpha value is -3.51. The summed E-state index contributed by atoms with van der Waals surface area (Å²) in [6.07, 6.45) is 0. The predicted molar refractivity (Wildman–Crippen MR) is 104 cm³/mol. The molecule has 0 radical (unpaired) electrons. The van der Waals surface area contributed by atoms with Gasteiger partial charge in [-0.25, -0.2) is 9.18 Å². The molecular formula is C21H12ClFN2O3.